The van der Waals surface area contributed by atoms with Crippen molar-refractivity contribution in [3.05, 3.63) is 54.1 Å². The number of halogens is 1. The fourth-order valence-electron chi connectivity index (χ4n) is 1.73. The molecule has 2 N–H and O–H groups in total. The van der Waals surface area contributed by atoms with Crippen molar-refractivity contribution in [3.63, 3.8) is 0 Å². The van der Waals surface area contributed by atoms with E-state index in [1.165, 1.54) is 18.3 Å². The van der Waals surface area contributed by atoms with Crippen molar-refractivity contribution < 1.29 is 13.9 Å². The maximum atomic E-state index is 13.1. The fourth-order valence-corrected chi connectivity index (χ4v) is 1.73. The third-order valence-electron chi connectivity index (χ3n) is 2.71. The van der Waals surface area contributed by atoms with Crippen LogP contribution in [0.2, 0.25) is 0 Å². The Morgan fingerprint density at radius 2 is 2.14 bits per heavy atom. The number of methoxy groups -OCH3 is 1. The molecular formula is C15H16FN3O2. The zero-order valence-electron chi connectivity index (χ0n) is 11.6. The molecule has 0 spiro atoms. The summed E-state index contributed by atoms with van der Waals surface area (Å²) < 4.78 is 18.0. The van der Waals surface area contributed by atoms with Crippen LogP contribution in [-0.2, 0) is 4.74 Å². The topological polar surface area (TPSA) is 63.2 Å². The van der Waals surface area contributed by atoms with Crippen LogP contribution in [0.4, 0.5) is 15.8 Å². The monoisotopic (exact) mass is 289 g/mol. The number of ether oxygens (including phenoxy) is 1. The Hall–Kier alpha value is -2.47. The number of rotatable bonds is 6. The van der Waals surface area contributed by atoms with Gasteiger partial charge in [-0.2, -0.15) is 0 Å². The number of aromatic nitrogens is 1. The number of hydrogen-bond donors (Lipinski definition) is 2. The van der Waals surface area contributed by atoms with E-state index in [-0.39, 0.29) is 11.7 Å². The summed E-state index contributed by atoms with van der Waals surface area (Å²) in [6.45, 7) is 0.872. The highest BCUT2D eigenvalue weighted by Crippen LogP contribution is 2.17. The third kappa shape index (κ3) is 4.54. The van der Waals surface area contributed by atoms with Gasteiger partial charge < -0.3 is 15.4 Å². The summed E-state index contributed by atoms with van der Waals surface area (Å²) in [6.07, 6.45) is 3.04. The molecule has 0 fully saturated rings. The van der Waals surface area contributed by atoms with Crippen LogP contribution in [0.1, 0.15) is 10.4 Å². The van der Waals surface area contributed by atoms with Gasteiger partial charge in [0.15, 0.2) is 0 Å². The van der Waals surface area contributed by atoms with Crippen molar-refractivity contribution in [2.75, 3.05) is 25.6 Å². The summed E-state index contributed by atoms with van der Waals surface area (Å²) in [6, 6.07) is 7.72. The SMILES string of the molecule is COCCNC(=O)c1cncc(Nc2cccc(F)c2)c1. The number of nitrogens with one attached hydrogen (secondary N) is 2. The lowest BCUT2D eigenvalue weighted by atomic mass is 10.2. The van der Waals surface area contributed by atoms with Crippen molar-refractivity contribution in [2.45, 2.75) is 0 Å². The van der Waals surface area contributed by atoms with E-state index in [9.17, 15) is 9.18 Å². The summed E-state index contributed by atoms with van der Waals surface area (Å²) in [5.74, 6) is -0.566. The average Bonchev–Trinajstić information content (AvgIpc) is 2.48. The third-order valence-corrected chi connectivity index (χ3v) is 2.71. The van der Waals surface area contributed by atoms with Crippen LogP contribution < -0.4 is 10.6 Å². The summed E-state index contributed by atoms with van der Waals surface area (Å²) in [7, 11) is 1.57. The highest BCUT2D eigenvalue weighted by molar-refractivity contribution is 5.94. The van der Waals surface area contributed by atoms with Gasteiger partial charge in [0.2, 0.25) is 0 Å². The second-order valence-electron chi connectivity index (χ2n) is 4.35. The zero-order valence-corrected chi connectivity index (χ0v) is 11.6. The van der Waals surface area contributed by atoms with Gasteiger partial charge >= 0.3 is 0 Å². The molecular weight excluding hydrogens is 273 g/mol. The van der Waals surface area contributed by atoms with Gasteiger partial charge in [-0.3, -0.25) is 9.78 Å². The van der Waals surface area contributed by atoms with Crippen LogP contribution in [0, 0.1) is 5.82 Å². The Labute approximate surface area is 122 Å². The molecule has 110 valence electrons. The number of benzene rings is 1. The number of carbonyl (C=O) groups excluding carboxylic acids is 1. The maximum absolute atomic E-state index is 13.1. The number of amides is 1. The van der Waals surface area contributed by atoms with Crippen LogP contribution in [0.3, 0.4) is 0 Å². The van der Waals surface area contributed by atoms with E-state index in [1.807, 2.05) is 0 Å². The molecule has 0 aliphatic rings. The highest BCUT2D eigenvalue weighted by Gasteiger charge is 2.06. The van der Waals surface area contributed by atoms with E-state index in [2.05, 4.69) is 15.6 Å². The minimum atomic E-state index is -0.332. The summed E-state index contributed by atoms with van der Waals surface area (Å²) in [4.78, 5) is 15.9. The lowest BCUT2D eigenvalue weighted by molar-refractivity contribution is 0.0937. The van der Waals surface area contributed by atoms with Gasteiger partial charge in [0.05, 0.1) is 24.1 Å². The first kappa shape index (κ1) is 14.9. The van der Waals surface area contributed by atoms with Gasteiger partial charge in [0.1, 0.15) is 5.82 Å². The van der Waals surface area contributed by atoms with E-state index >= 15 is 0 Å². The van der Waals surface area contributed by atoms with Crippen LogP contribution in [0.15, 0.2) is 42.7 Å². The molecule has 5 nitrogen and oxygen atoms in total. The predicted molar refractivity (Wildman–Crippen MR) is 78.1 cm³/mol. The molecule has 1 heterocycles. The number of nitrogens with zero attached hydrogens (tertiary/aromatic N) is 1. The van der Waals surface area contributed by atoms with Crippen molar-refractivity contribution in [1.82, 2.24) is 10.3 Å². The number of pyridine rings is 1. The Kier molecular flexibility index (Phi) is 5.22. The summed E-state index contributed by atoms with van der Waals surface area (Å²) in [5.41, 5.74) is 1.63. The molecule has 0 atom stereocenters. The first-order valence-corrected chi connectivity index (χ1v) is 6.44. The van der Waals surface area contributed by atoms with Gasteiger partial charge in [-0.1, -0.05) is 6.07 Å². The number of anilines is 2. The second-order valence-corrected chi connectivity index (χ2v) is 4.35. The first-order valence-electron chi connectivity index (χ1n) is 6.44. The van der Waals surface area contributed by atoms with E-state index in [1.54, 1.807) is 31.5 Å². The summed E-state index contributed by atoms with van der Waals surface area (Å²) >= 11 is 0. The van der Waals surface area contributed by atoms with E-state index in [4.69, 9.17) is 4.74 Å². The minimum Gasteiger partial charge on any atom is -0.383 e. The molecule has 1 amide bonds. The molecule has 1 aromatic carbocycles. The zero-order chi connectivity index (χ0) is 15.1. The number of hydrogen-bond acceptors (Lipinski definition) is 4. The van der Waals surface area contributed by atoms with Crippen LogP contribution in [0.5, 0.6) is 0 Å². The normalized spacial score (nSPS) is 10.2. The van der Waals surface area contributed by atoms with Crippen molar-refractivity contribution in [3.8, 4) is 0 Å². The van der Waals surface area contributed by atoms with E-state index < -0.39 is 0 Å². The van der Waals surface area contributed by atoms with E-state index in [0.717, 1.165) is 0 Å². The molecule has 0 radical (unpaired) electrons. The van der Waals surface area contributed by atoms with Gasteiger partial charge in [-0.05, 0) is 24.3 Å². The first-order chi connectivity index (χ1) is 10.2. The Morgan fingerprint density at radius 3 is 2.90 bits per heavy atom. The minimum absolute atomic E-state index is 0.234. The predicted octanol–water partition coefficient (Wildman–Crippen LogP) is 2.34. The molecule has 0 bridgehead atoms. The smallest absolute Gasteiger partial charge is 0.253 e. The maximum Gasteiger partial charge on any atom is 0.253 e. The van der Waals surface area contributed by atoms with Crippen LogP contribution in [0.25, 0.3) is 0 Å². The number of carbonyl (C=O) groups is 1. The van der Waals surface area contributed by atoms with Crippen LogP contribution >= 0.6 is 0 Å². The molecule has 0 aliphatic carbocycles. The molecule has 1 aromatic heterocycles. The average molecular weight is 289 g/mol. The molecule has 6 heteroatoms. The molecule has 2 rings (SSSR count). The Balaban J connectivity index is 2.05. The quantitative estimate of drug-likeness (QED) is 0.801. The summed E-state index contributed by atoms with van der Waals surface area (Å²) in [5, 5.41) is 5.71. The largest absolute Gasteiger partial charge is 0.383 e. The molecule has 0 saturated heterocycles. The molecule has 0 aliphatic heterocycles. The van der Waals surface area contributed by atoms with Crippen molar-refractivity contribution >= 4 is 17.3 Å². The van der Waals surface area contributed by atoms with Gasteiger partial charge in [0.25, 0.3) is 5.91 Å². The fraction of sp³-hybridized carbons (Fsp3) is 0.200. The molecule has 21 heavy (non-hydrogen) atoms. The van der Waals surface area contributed by atoms with E-state index in [0.29, 0.717) is 30.1 Å². The van der Waals surface area contributed by atoms with Crippen molar-refractivity contribution in [2.24, 2.45) is 0 Å². The van der Waals surface area contributed by atoms with Gasteiger partial charge in [-0.15, -0.1) is 0 Å². The highest BCUT2D eigenvalue weighted by atomic mass is 19.1. The van der Waals surface area contributed by atoms with Crippen LogP contribution in [-0.4, -0.2) is 31.2 Å². The standard InChI is InChI=1S/C15H16FN3O2/c1-21-6-5-18-15(20)11-7-14(10-17-9-11)19-13-4-2-3-12(16)8-13/h2-4,7-10,19H,5-6H2,1H3,(H,18,20). The molecule has 2 aromatic rings. The molecule has 0 unspecified atom stereocenters. The second kappa shape index (κ2) is 7.35. The Bertz CT molecular complexity index is 619. The van der Waals surface area contributed by atoms with Gasteiger partial charge in [0, 0.05) is 25.5 Å². The lowest BCUT2D eigenvalue weighted by Gasteiger charge is -2.08. The lowest BCUT2D eigenvalue weighted by Crippen LogP contribution is -2.27. The van der Waals surface area contributed by atoms with Gasteiger partial charge in [-0.25, -0.2) is 4.39 Å². The molecule has 0 saturated carbocycles. The van der Waals surface area contributed by atoms with Crippen molar-refractivity contribution in [1.29, 1.82) is 0 Å². The Morgan fingerprint density at radius 1 is 1.29 bits per heavy atom.